The van der Waals surface area contributed by atoms with Gasteiger partial charge in [0.05, 0.1) is 0 Å². The van der Waals surface area contributed by atoms with Crippen molar-refractivity contribution in [3.8, 4) is 0 Å². The summed E-state index contributed by atoms with van der Waals surface area (Å²) in [4.78, 5) is 0. The zero-order valence-electron chi connectivity index (χ0n) is 18.9. The van der Waals surface area contributed by atoms with Crippen molar-refractivity contribution in [3.63, 3.8) is 0 Å². The van der Waals surface area contributed by atoms with Gasteiger partial charge in [-0.1, -0.05) is 110 Å². The van der Waals surface area contributed by atoms with Gasteiger partial charge < -0.3 is 0 Å². The smallest absolute Gasteiger partial charge is 0.0106 e. The first-order chi connectivity index (χ1) is 12.3. The molecular weight excluding hydrogens is 312 g/mol. The second-order valence-corrected chi connectivity index (χ2v) is 9.73. The monoisotopic (exact) mass is 360 g/mol. The molecule has 5 unspecified atom stereocenters. The SMILES string of the molecule is C=C(C)CC(CCC)CCCCCC(CCC)C(C)C1C(=C)C1C(C)C. The van der Waals surface area contributed by atoms with Gasteiger partial charge in [0.1, 0.15) is 0 Å². The maximum atomic E-state index is 4.38. The van der Waals surface area contributed by atoms with E-state index in [4.69, 9.17) is 0 Å². The van der Waals surface area contributed by atoms with Crippen LogP contribution in [0.2, 0.25) is 0 Å². The predicted octanol–water partition coefficient (Wildman–Crippen LogP) is 8.83. The molecule has 1 aliphatic carbocycles. The molecule has 0 nitrogen and oxygen atoms in total. The highest BCUT2D eigenvalue weighted by Crippen LogP contribution is 2.56. The van der Waals surface area contributed by atoms with Gasteiger partial charge in [0.15, 0.2) is 0 Å². The van der Waals surface area contributed by atoms with Gasteiger partial charge in [-0.3, -0.25) is 0 Å². The first-order valence-electron chi connectivity index (χ1n) is 11.7. The van der Waals surface area contributed by atoms with Crippen molar-refractivity contribution in [2.45, 2.75) is 106 Å². The highest BCUT2D eigenvalue weighted by molar-refractivity contribution is 5.28. The van der Waals surface area contributed by atoms with Crippen molar-refractivity contribution in [1.29, 1.82) is 0 Å². The molecule has 0 heteroatoms. The molecule has 26 heavy (non-hydrogen) atoms. The Labute approximate surface area is 165 Å². The van der Waals surface area contributed by atoms with E-state index >= 15 is 0 Å². The minimum atomic E-state index is 0.779. The van der Waals surface area contributed by atoms with Gasteiger partial charge in [0.2, 0.25) is 0 Å². The molecule has 5 atom stereocenters. The fraction of sp³-hybridized carbons (Fsp3) is 0.846. The van der Waals surface area contributed by atoms with Crippen molar-refractivity contribution in [2.75, 3.05) is 0 Å². The zero-order valence-corrected chi connectivity index (χ0v) is 18.9. The first kappa shape index (κ1) is 23.5. The summed E-state index contributed by atoms with van der Waals surface area (Å²) in [7, 11) is 0. The van der Waals surface area contributed by atoms with Crippen LogP contribution in [0.5, 0.6) is 0 Å². The van der Waals surface area contributed by atoms with Crippen LogP contribution in [-0.4, -0.2) is 0 Å². The third-order valence-corrected chi connectivity index (χ3v) is 6.84. The van der Waals surface area contributed by atoms with E-state index in [2.05, 4.69) is 54.7 Å². The molecule has 0 aromatic carbocycles. The Morgan fingerprint density at radius 1 is 0.885 bits per heavy atom. The lowest BCUT2D eigenvalue weighted by Crippen LogP contribution is -2.16. The molecule has 152 valence electrons. The molecule has 0 aromatic rings. The van der Waals surface area contributed by atoms with Crippen molar-refractivity contribution >= 4 is 0 Å². The van der Waals surface area contributed by atoms with Gasteiger partial charge in [0.25, 0.3) is 0 Å². The van der Waals surface area contributed by atoms with Gasteiger partial charge in [0, 0.05) is 0 Å². The van der Waals surface area contributed by atoms with Crippen LogP contribution in [0.15, 0.2) is 24.3 Å². The highest BCUT2D eigenvalue weighted by Gasteiger charge is 2.48. The van der Waals surface area contributed by atoms with E-state index < -0.39 is 0 Å². The molecule has 1 aliphatic rings. The second-order valence-electron chi connectivity index (χ2n) is 9.73. The van der Waals surface area contributed by atoms with Crippen LogP contribution < -0.4 is 0 Å². The van der Waals surface area contributed by atoms with Gasteiger partial charge in [-0.2, -0.15) is 0 Å². The first-order valence-corrected chi connectivity index (χ1v) is 11.7. The lowest BCUT2D eigenvalue weighted by atomic mass is 9.81. The third kappa shape index (κ3) is 7.61. The van der Waals surface area contributed by atoms with Crippen LogP contribution in [0.4, 0.5) is 0 Å². The van der Waals surface area contributed by atoms with Crippen molar-refractivity contribution in [1.82, 2.24) is 0 Å². The van der Waals surface area contributed by atoms with E-state index in [0.29, 0.717) is 0 Å². The zero-order chi connectivity index (χ0) is 19.7. The molecule has 0 radical (unpaired) electrons. The predicted molar refractivity (Wildman–Crippen MR) is 119 cm³/mol. The number of unbranched alkanes of at least 4 members (excludes halogenated alkanes) is 2. The van der Waals surface area contributed by atoms with E-state index in [9.17, 15) is 0 Å². The summed E-state index contributed by atoms with van der Waals surface area (Å²) in [6.45, 7) is 22.6. The number of rotatable bonds is 15. The summed E-state index contributed by atoms with van der Waals surface area (Å²) in [6.07, 6.45) is 13.8. The topological polar surface area (TPSA) is 0 Å². The van der Waals surface area contributed by atoms with E-state index in [1.54, 1.807) is 5.57 Å². The van der Waals surface area contributed by atoms with E-state index in [1.165, 1.54) is 69.8 Å². The number of hydrogen-bond acceptors (Lipinski definition) is 0. The molecule has 0 aliphatic heterocycles. The summed E-state index contributed by atoms with van der Waals surface area (Å²) >= 11 is 0. The summed E-state index contributed by atoms with van der Waals surface area (Å²) in [5.74, 6) is 5.03. The summed E-state index contributed by atoms with van der Waals surface area (Å²) in [5, 5.41) is 0. The van der Waals surface area contributed by atoms with Crippen molar-refractivity contribution < 1.29 is 0 Å². The lowest BCUT2D eigenvalue weighted by Gasteiger charge is -2.24. The standard InChI is InChI=1S/C26H48/c1-9-14-23(18-19(3)4)16-12-11-13-17-24(15-10-2)21(7)26-22(8)25(26)20(5)6/h20-21,23-26H,3,8-18H2,1-2,4-7H3. The molecule has 1 saturated carbocycles. The van der Waals surface area contributed by atoms with Crippen LogP contribution in [0.3, 0.4) is 0 Å². The average molecular weight is 361 g/mol. The molecule has 1 rings (SSSR count). The quantitative estimate of drug-likeness (QED) is 0.202. The second kappa shape index (κ2) is 12.0. The molecule has 0 saturated heterocycles. The minimum Gasteiger partial charge on any atom is -0.100 e. The molecular formula is C26H48. The Bertz CT molecular complexity index is 416. The Balaban J connectivity index is 2.35. The average Bonchev–Trinajstić information content (AvgIpc) is 3.24. The van der Waals surface area contributed by atoms with E-state index in [1.807, 2.05) is 0 Å². The van der Waals surface area contributed by atoms with E-state index in [-0.39, 0.29) is 0 Å². The minimum absolute atomic E-state index is 0.779. The maximum absolute atomic E-state index is 4.38. The van der Waals surface area contributed by atoms with Gasteiger partial charge in [-0.05, 0) is 48.9 Å². The molecule has 0 heterocycles. The fourth-order valence-corrected chi connectivity index (χ4v) is 5.47. The van der Waals surface area contributed by atoms with Gasteiger partial charge in [-0.15, -0.1) is 6.58 Å². The lowest BCUT2D eigenvalue weighted by molar-refractivity contribution is 0.258. The summed E-state index contributed by atoms with van der Waals surface area (Å²) in [5.41, 5.74) is 2.92. The van der Waals surface area contributed by atoms with Crippen LogP contribution in [0, 0.1) is 35.5 Å². The molecule has 0 spiro atoms. The Kier molecular flexibility index (Phi) is 10.9. The normalized spacial score (nSPS) is 23.1. The van der Waals surface area contributed by atoms with Gasteiger partial charge in [-0.25, -0.2) is 0 Å². The number of hydrogen-bond donors (Lipinski definition) is 0. The van der Waals surface area contributed by atoms with Crippen LogP contribution >= 0.6 is 0 Å². The van der Waals surface area contributed by atoms with Crippen LogP contribution in [0.1, 0.15) is 106 Å². The maximum Gasteiger partial charge on any atom is -0.0106 e. The van der Waals surface area contributed by atoms with Crippen molar-refractivity contribution in [2.24, 2.45) is 35.5 Å². The molecule has 0 amide bonds. The fourth-order valence-electron chi connectivity index (χ4n) is 5.47. The Morgan fingerprint density at radius 2 is 1.50 bits per heavy atom. The Morgan fingerprint density at radius 3 is 2.00 bits per heavy atom. The molecule has 0 aromatic heterocycles. The van der Waals surface area contributed by atoms with E-state index in [0.717, 1.165) is 35.5 Å². The summed E-state index contributed by atoms with van der Waals surface area (Å²) in [6, 6.07) is 0. The van der Waals surface area contributed by atoms with Crippen molar-refractivity contribution in [3.05, 3.63) is 24.3 Å². The summed E-state index contributed by atoms with van der Waals surface area (Å²) < 4.78 is 0. The highest BCUT2D eigenvalue weighted by atomic mass is 14.5. The molecule has 0 N–H and O–H groups in total. The molecule has 0 bridgehead atoms. The third-order valence-electron chi connectivity index (χ3n) is 6.84. The van der Waals surface area contributed by atoms with Crippen LogP contribution in [-0.2, 0) is 0 Å². The largest absolute Gasteiger partial charge is 0.100 e. The Hall–Kier alpha value is -0.520. The molecule has 1 fully saturated rings. The van der Waals surface area contributed by atoms with Gasteiger partial charge >= 0.3 is 0 Å². The van der Waals surface area contributed by atoms with Crippen LogP contribution in [0.25, 0.3) is 0 Å². The number of allylic oxidation sites excluding steroid dienone is 2.